The molecule has 5 heterocycles. The predicted octanol–water partition coefficient (Wildman–Crippen LogP) is 3.31. The van der Waals surface area contributed by atoms with Crippen molar-refractivity contribution in [3.8, 4) is 11.1 Å². The number of nitrogen functional groups attached to an aromatic ring is 1. The molecule has 4 aromatic heterocycles. The Hall–Kier alpha value is -4.21. The standard InChI is InChI=1S/C24H26N8O2/c1-14(33)31-7-4-16(5-8-31)32-13-15(10-30-32)19-11-29-24(26)23-18(19)9-21(34-23)22(25)17-3-6-28-12-20(17)27-2/h3,6,9-13,16,25,27H,4-5,7-8H2,1-2H3,(H2,26,29). The summed E-state index contributed by atoms with van der Waals surface area (Å²) in [6.45, 7) is 3.08. The molecule has 10 heteroatoms. The van der Waals surface area contributed by atoms with Crippen LogP contribution in [-0.2, 0) is 4.79 Å². The molecule has 34 heavy (non-hydrogen) atoms. The summed E-state index contributed by atoms with van der Waals surface area (Å²) < 4.78 is 7.98. The number of likely N-dealkylation sites (tertiary alicyclic amines) is 1. The molecule has 0 unspecified atom stereocenters. The van der Waals surface area contributed by atoms with E-state index < -0.39 is 0 Å². The van der Waals surface area contributed by atoms with Gasteiger partial charge in [-0.1, -0.05) is 0 Å². The van der Waals surface area contributed by atoms with Crippen LogP contribution in [0.4, 0.5) is 11.5 Å². The van der Waals surface area contributed by atoms with Gasteiger partial charge in [0.1, 0.15) is 5.71 Å². The van der Waals surface area contributed by atoms with Crippen molar-refractivity contribution in [3.63, 3.8) is 0 Å². The minimum atomic E-state index is 0.116. The van der Waals surface area contributed by atoms with Gasteiger partial charge in [0.2, 0.25) is 5.91 Å². The number of carbonyl (C=O) groups is 1. The molecule has 1 amide bonds. The van der Waals surface area contributed by atoms with Crippen molar-refractivity contribution in [3.05, 3.63) is 54.4 Å². The number of aromatic nitrogens is 4. The molecule has 5 rings (SSSR count). The second-order valence-electron chi connectivity index (χ2n) is 8.40. The second kappa shape index (κ2) is 8.62. The van der Waals surface area contributed by atoms with E-state index in [9.17, 15) is 4.79 Å². The maximum absolute atomic E-state index is 11.6. The van der Waals surface area contributed by atoms with Gasteiger partial charge in [0.25, 0.3) is 0 Å². The van der Waals surface area contributed by atoms with Crippen molar-refractivity contribution in [2.75, 3.05) is 31.2 Å². The van der Waals surface area contributed by atoms with Crippen molar-refractivity contribution in [2.45, 2.75) is 25.8 Å². The number of fused-ring (bicyclic) bond motifs is 1. The first-order valence-electron chi connectivity index (χ1n) is 11.2. The normalized spacial score (nSPS) is 14.5. The quantitative estimate of drug-likeness (QED) is 0.390. The average Bonchev–Trinajstić information content (AvgIpc) is 3.53. The first-order chi connectivity index (χ1) is 16.5. The summed E-state index contributed by atoms with van der Waals surface area (Å²) in [4.78, 5) is 21.9. The van der Waals surface area contributed by atoms with Gasteiger partial charge in [-0.2, -0.15) is 5.10 Å². The molecule has 174 valence electrons. The number of furan rings is 1. The Morgan fingerprint density at radius 2 is 2.06 bits per heavy atom. The highest BCUT2D eigenvalue weighted by Gasteiger charge is 2.24. The van der Waals surface area contributed by atoms with Crippen LogP contribution in [0.3, 0.4) is 0 Å². The van der Waals surface area contributed by atoms with Gasteiger partial charge < -0.3 is 20.4 Å². The van der Waals surface area contributed by atoms with Gasteiger partial charge in [-0.3, -0.25) is 19.9 Å². The van der Waals surface area contributed by atoms with Crippen molar-refractivity contribution in [2.24, 2.45) is 0 Å². The van der Waals surface area contributed by atoms with Gasteiger partial charge in [0.05, 0.1) is 24.1 Å². The van der Waals surface area contributed by atoms with E-state index in [-0.39, 0.29) is 23.5 Å². The van der Waals surface area contributed by atoms with Crippen LogP contribution in [0.25, 0.3) is 22.1 Å². The minimum absolute atomic E-state index is 0.116. The largest absolute Gasteiger partial charge is 0.451 e. The molecule has 4 aromatic rings. The molecule has 1 fully saturated rings. The summed E-state index contributed by atoms with van der Waals surface area (Å²) in [6, 6.07) is 3.83. The molecular formula is C24H26N8O2. The van der Waals surface area contributed by atoms with Gasteiger partial charge in [0, 0.05) is 67.7 Å². The molecule has 0 saturated carbocycles. The van der Waals surface area contributed by atoms with Crippen LogP contribution in [0.5, 0.6) is 0 Å². The number of nitrogens with one attached hydrogen (secondary N) is 2. The molecule has 0 bridgehead atoms. The van der Waals surface area contributed by atoms with Crippen LogP contribution in [0.15, 0.2) is 47.5 Å². The summed E-state index contributed by atoms with van der Waals surface area (Å²) in [5.74, 6) is 0.776. The molecular weight excluding hydrogens is 432 g/mol. The van der Waals surface area contributed by atoms with E-state index in [0.29, 0.717) is 16.9 Å². The number of amides is 1. The minimum Gasteiger partial charge on any atom is -0.451 e. The highest BCUT2D eigenvalue weighted by atomic mass is 16.3. The third kappa shape index (κ3) is 3.76. The third-order valence-electron chi connectivity index (χ3n) is 6.39. The van der Waals surface area contributed by atoms with Crippen LogP contribution in [0.2, 0.25) is 0 Å². The number of rotatable bonds is 5. The molecule has 1 aliphatic heterocycles. The zero-order valence-corrected chi connectivity index (χ0v) is 19.1. The second-order valence-corrected chi connectivity index (χ2v) is 8.40. The molecule has 0 aromatic carbocycles. The zero-order chi connectivity index (χ0) is 23.8. The lowest BCUT2D eigenvalue weighted by Gasteiger charge is -2.31. The van der Waals surface area contributed by atoms with Crippen molar-refractivity contribution >= 4 is 34.1 Å². The SMILES string of the molecule is CNc1cnccc1C(=N)c1cc2c(-c3cnn(C4CCN(C(C)=O)CC4)c3)cnc(N)c2o1. The zero-order valence-electron chi connectivity index (χ0n) is 19.1. The van der Waals surface area contributed by atoms with E-state index in [1.807, 2.05) is 28.0 Å². The number of nitrogens with zero attached hydrogens (tertiary/aromatic N) is 5. The Balaban J connectivity index is 1.48. The van der Waals surface area contributed by atoms with E-state index in [4.69, 9.17) is 15.6 Å². The van der Waals surface area contributed by atoms with Crippen molar-refractivity contribution in [1.82, 2.24) is 24.6 Å². The van der Waals surface area contributed by atoms with Gasteiger partial charge in [0.15, 0.2) is 17.2 Å². The van der Waals surface area contributed by atoms with Gasteiger partial charge in [-0.15, -0.1) is 0 Å². The lowest BCUT2D eigenvalue weighted by molar-refractivity contribution is -0.130. The summed E-state index contributed by atoms with van der Waals surface area (Å²) in [5.41, 5.74) is 9.93. The van der Waals surface area contributed by atoms with E-state index in [2.05, 4.69) is 20.4 Å². The first kappa shape index (κ1) is 21.6. The molecule has 0 atom stereocenters. The maximum Gasteiger partial charge on any atom is 0.219 e. The number of pyridine rings is 2. The fourth-order valence-corrected chi connectivity index (χ4v) is 4.46. The fraction of sp³-hybridized carbons (Fsp3) is 0.292. The Bertz CT molecular complexity index is 1380. The summed E-state index contributed by atoms with van der Waals surface area (Å²) in [6.07, 6.45) is 10.6. The summed E-state index contributed by atoms with van der Waals surface area (Å²) in [7, 11) is 1.79. The van der Waals surface area contributed by atoms with Crippen LogP contribution < -0.4 is 11.1 Å². The lowest BCUT2D eigenvalue weighted by Crippen LogP contribution is -2.37. The highest BCUT2D eigenvalue weighted by molar-refractivity contribution is 6.15. The Kier molecular flexibility index (Phi) is 5.48. The van der Waals surface area contributed by atoms with E-state index in [1.165, 1.54) is 0 Å². The Labute approximate surface area is 196 Å². The molecule has 0 aliphatic carbocycles. The summed E-state index contributed by atoms with van der Waals surface area (Å²) >= 11 is 0. The maximum atomic E-state index is 11.6. The van der Waals surface area contributed by atoms with Crippen LogP contribution in [-0.4, -0.2) is 56.4 Å². The van der Waals surface area contributed by atoms with Crippen molar-refractivity contribution in [1.29, 1.82) is 5.41 Å². The van der Waals surface area contributed by atoms with E-state index in [1.54, 1.807) is 38.6 Å². The van der Waals surface area contributed by atoms with E-state index >= 15 is 0 Å². The average molecular weight is 459 g/mol. The Morgan fingerprint density at radius 1 is 1.26 bits per heavy atom. The number of hydrogen-bond donors (Lipinski definition) is 3. The fourth-order valence-electron chi connectivity index (χ4n) is 4.46. The molecule has 1 aliphatic rings. The van der Waals surface area contributed by atoms with Crippen LogP contribution >= 0.6 is 0 Å². The smallest absolute Gasteiger partial charge is 0.219 e. The number of hydrogen-bond acceptors (Lipinski definition) is 8. The lowest BCUT2D eigenvalue weighted by atomic mass is 10.0. The molecule has 0 radical (unpaired) electrons. The number of nitrogens with two attached hydrogens (primary N) is 1. The third-order valence-corrected chi connectivity index (χ3v) is 6.39. The first-order valence-corrected chi connectivity index (χ1v) is 11.2. The van der Waals surface area contributed by atoms with Crippen LogP contribution in [0, 0.1) is 5.41 Å². The van der Waals surface area contributed by atoms with Crippen LogP contribution in [0.1, 0.15) is 37.1 Å². The molecule has 1 saturated heterocycles. The van der Waals surface area contributed by atoms with Gasteiger partial charge >= 0.3 is 0 Å². The van der Waals surface area contributed by atoms with Gasteiger partial charge in [-0.05, 0) is 25.0 Å². The number of anilines is 2. The monoisotopic (exact) mass is 458 g/mol. The molecule has 0 spiro atoms. The molecule has 4 N–H and O–H groups in total. The van der Waals surface area contributed by atoms with Gasteiger partial charge in [-0.25, -0.2) is 4.98 Å². The molecule has 10 nitrogen and oxygen atoms in total. The van der Waals surface area contributed by atoms with Crippen molar-refractivity contribution < 1.29 is 9.21 Å². The number of carbonyl (C=O) groups excluding carboxylic acids is 1. The topological polar surface area (TPSA) is 139 Å². The number of piperidine rings is 1. The summed E-state index contributed by atoms with van der Waals surface area (Å²) in [5, 5.41) is 17.1. The predicted molar refractivity (Wildman–Crippen MR) is 130 cm³/mol. The van der Waals surface area contributed by atoms with E-state index in [0.717, 1.165) is 48.1 Å². The Morgan fingerprint density at radius 3 is 2.79 bits per heavy atom. The highest BCUT2D eigenvalue weighted by Crippen LogP contribution is 2.35.